The van der Waals surface area contributed by atoms with E-state index in [0.29, 0.717) is 17.8 Å². The highest BCUT2D eigenvalue weighted by atomic mass is 16.6. The van der Waals surface area contributed by atoms with Gasteiger partial charge in [-0.05, 0) is 18.4 Å². The maximum Gasteiger partial charge on any atom is 0.343 e. The third-order valence-corrected chi connectivity index (χ3v) is 4.66. The number of nitrogens with zero attached hydrogens (tertiary/aromatic N) is 1. The highest BCUT2D eigenvalue weighted by Crippen LogP contribution is 2.44. The van der Waals surface area contributed by atoms with Crippen LogP contribution in [0, 0.1) is 5.92 Å². The van der Waals surface area contributed by atoms with Gasteiger partial charge in [0.25, 0.3) is 5.56 Å². The van der Waals surface area contributed by atoms with Gasteiger partial charge in [0.15, 0.2) is 11.4 Å². The minimum Gasteiger partial charge on any atom is -0.458 e. The molecule has 1 unspecified atom stereocenters. The molecule has 6 heteroatoms. The monoisotopic (exact) mass is 289 g/mol. The smallest absolute Gasteiger partial charge is 0.343 e. The highest BCUT2D eigenvalue weighted by molar-refractivity contribution is 5.97. The average Bonchev–Trinajstić information content (AvgIpc) is 3.18. The van der Waals surface area contributed by atoms with Crippen LogP contribution in [0.2, 0.25) is 0 Å². The molecule has 1 aromatic heterocycles. The van der Waals surface area contributed by atoms with Gasteiger partial charge in [-0.25, -0.2) is 4.79 Å². The first kappa shape index (κ1) is 12.8. The lowest BCUT2D eigenvalue weighted by Gasteiger charge is -2.32. The molecule has 3 heterocycles. The number of aliphatic hydroxyl groups is 1. The zero-order chi connectivity index (χ0) is 14.8. The van der Waals surface area contributed by atoms with E-state index in [4.69, 9.17) is 4.74 Å². The number of aromatic nitrogens is 1. The summed E-state index contributed by atoms with van der Waals surface area (Å²) in [6.07, 6.45) is 2.48. The van der Waals surface area contributed by atoms with Gasteiger partial charge in [-0.1, -0.05) is 12.8 Å². The molecule has 1 atom stereocenters. The number of rotatable bonds is 2. The van der Waals surface area contributed by atoms with Gasteiger partial charge < -0.3 is 14.4 Å². The molecule has 21 heavy (non-hydrogen) atoms. The molecule has 1 saturated carbocycles. The van der Waals surface area contributed by atoms with Gasteiger partial charge in [0.2, 0.25) is 0 Å². The lowest BCUT2D eigenvalue weighted by Crippen LogP contribution is -2.45. The maximum absolute atomic E-state index is 12.5. The molecular weight excluding hydrogens is 274 g/mol. The van der Waals surface area contributed by atoms with Crippen molar-refractivity contribution in [3.63, 3.8) is 0 Å². The number of carbonyl (C=O) groups is 2. The zero-order valence-corrected chi connectivity index (χ0v) is 11.4. The summed E-state index contributed by atoms with van der Waals surface area (Å²) in [6, 6.07) is 1.52. The normalized spacial score (nSPS) is 27.3. The number of ketones is 1. The molecule has 4 rings (SSSR count). The van der Waals surface area contributed by atoms with Gasteiger partial charge in [0.05, 0.1) is 11.3 Å². The van der Waals surface area contributed by atoms with E-state index in [-0.39, 0.29) is 42.3 Å². The summed E-state index contributed by atoms with van der Waals surface area (Å²) < 4.78 is 6.44. The van der Waals surface area contributed by atoms with Crippen molar-refractivity contribution in [2.45, 2.75) is 44.4 Å². The summed E-state index contributed by atoms with van der Waals surface area (Å²) in [6.45, 7) is 0.226. The van der Waals surface area contributed by atoms with E-state index in [2.05, 4.69) is 0 Å². The third-order valence-electron chi connectivity index (χ3n) is 4.66. The summed E-state index contributed by atoms with van der Waals surface area (Å²) in [5, 5.41) is 10.8. The van der Waals surface area contributed by atoms with Gasteiger partial charge in [-0.15, -0.1) is 0 Å². The Labute approximate surface area is 120 Å². The van der Waals surface area contributed by atoms with Crippen molar-refractivity contribution in [2.24, 2.45) is 5.92 Å². The number of Topliss-reactive ketones (excluding diaryl/α,β-unsaturated/α-hetero) is 1. The fraction of sp³-hybridized carbons (Fsp3) is 0.533. The molecule has 1 aliphatic carbocycles. The molecule has 0 spiro atoms. The first-order valence-electron chi connectivity index (χ1n) is 7.20. The van der Waals surface area contributed by atoms with Crippen LogP contribution in [0.4, 0.5) is 0 Å². The number of carbonyl (C=O) groups excluding carboxylic acids is 2. The number of fused-ring (bicyclic) bond motifs is 2. The summed E-state index contributed by atoms with van der Waals surface area (Å²) in [5.74, 6) is -0.556. The van der Waals surface area contributed by atoms with Gasteiger partial charge in [0, 0.05) is 18.5 Å². The van der Waals surface area contributed by atoms with Crippen molar-refractivity contribution in [3.8, 4) is 0 Å². The van der Waals surface area contributed by atoms with E-state index in [1.807, 2.05) is 0 Å². The Hall–Kier alpha value is -1.95. The molecule has 6 nitrogen and oxygen atoms in total. The van der Waals surface area contributed by atoms with E-state index in [9.17, 15) is 19.5 Å². The van der Waals surface area contributed by atoms with Crippen molar-refractivity contribution in [3.05, 3.63) is 33.2 Å². The average molecular weight is 289 g/mol. The van der Waals surface area contributed by atoms with Crippen molar-refractivity contribution >= 4 is 11.8 Å². The topological polar surface area (TPSA) is 85.6 Å². The molecule has 3 aliphatic rings. The number of ether oxygens (including phenoxy) is 1. The largest absolute Gasteiger partial charge is 0.458 e. The van der Waals surface area contributed by atoms with E-state index in [1.54, 1.807) is 0 Å². The molecule has 1 aromatic rings. The Morgan fingerprint density at radius 1 is 1.33 bits per heavy atom. The Morgan fingerprint density at radius 3 is 2.81 bits per heavy atom. The molecule has 1 fully saturated rings. The number of esters is 1. The predicted octanol–water partition coefficient (Wildman–Crippen LogP) is 0.479. The van der Waals surface area contributed by atoms with Crippen molar-refractivity contribution < 1.29 is 19.4 Å². The lowest BCUT2D eigenvalue weighted by molar-refractivity contribution is -0.173. The molecule has 0 amide bonds. The van der Waals surface area contributed by atoms with Crippen molar-refractivity contribution in [2.75, 3.05) is 0 Å². The van der Waals surface area contributed by atoms with Crippen LogP contribution >= 0.6 is 0 Å². The summed E-state index contributed by atoms with van der Waals surface area (Å²) >= 11 is 0. The van der Waals surface area contributed by atoms with Crippen molar-refractivity contribution in [1.82, 2.24) is 4.57 Å². The highest BCUT2D eigenvalue weighted by Gasteiger charge is 2.49. The van der Waals surface area contributed by atoms with E-state index >= 15 is 0 Å². The van der Waals surface area contributed by atoms with Crippen LogP contribution in [-0.4, -0.2) is 21.4 Å². The second kappa shape index (κ2) is 4.04. The zero-order valence-electron chi connectivity index (χ0n) is 11.4. The fourth-order valence-corrected chi connectivity index (χ4v) is 3.29. The molecular formula is C15H15NO5. The minimum absolute atomic E-state index is 0.123. The molecule has 1 N–H and O–H groups in total. The molecule has 0 saturated heterocycles. The Balaban J connectivity index is 1.93. The van der Waals surface area contributed by atoms with Gasteiger partial charge >= 0.3 is 5.97 Å². The molecule has 2 aliphatic heterocycles. The number of cyclic esters (lactones) is 1. The maximum atomic E-state index is 12.5. The van der Waals surface area contributed by atoms with Crippen LogP contribution in [0.3, 0.4) is 0 Å². The van der Waals surface area contributed by atoms with Gasteiger partial charge in [-0.3, -0.25) is 9.59 Å². The van der Waals surface area contributed by atoms with Gasteiger partial charge in [0.1, 0.15) is 6.61 Å². The number of hydrogen-bond donors (Lipinski definition) is 1. The Bertz CT molecular complexity index is 730. The second-order valence-corrected chi connectivity index (χ2v) is 6.14. The standard InChI is InChI=1S/C15H15NO5/c17-12-3-4-16-11(12)5-10-9(13(16)18)7-21-14(19)15(10,20)6-8-1-2-8/h5,8,20H,1-4,6-7H2. The number of pyridine rings is 1. The summed E-state index contributed by atoms with van der Waals surface area (Å²) in [5.41, 5.74) is -1.24. The first-order chi connectivity index (χ1) is 10.0. The molecule has 0 bridgehead atoms. The fourth-order valence-electron chi connectivity index (χ4n) is 3.29. The Kier molecular flexibility index (Phi) is 2.45. The van der Waals surface area contributed by atoms with Crippen LogP contribution in [0.5, 0.6) is 0 Å². The quantitative estimate of drug-likeness (QED) is 0.800. The van der Waals surface area contributed by atoms with Crippen LogP contribution < -0.4 is 5.56 Å². The summed E-state index contributed by atoms with van der Waals surface area (Å²) in [4.78, 5) is 36.4. The van der Waals surface area contributed by atoms with Crippen LogP contribution in [-0.2, 0) is 28.3 Å². The lowest BCUT2D eigenvalue weighted by atomic mass is 9.84. The SMILES string of the molecule is O=C1CCn2c1cc1c(c2=O)COC(=O)C1(O)CC1CC1. The van der Waals surface area contributed by atoms with Crippen molar-refractivity contribution in [1.29, 1.82) is 0 Å². The van der Waals surface area contributed by atoms with E-state index in [0.717, 1.165) is 12.8 Å². The molecule has 0 aromatic carbocycles. The summed E-state index contributed by atoms with van der Waals surface area (Å²) in [7, 11) is 0. The van der Waals surface area contributed by atoms with E-state index < -0.39 is 11.6 Å². The number of hydrogen-bond acceptors (Lipinski definition) is 5. The molecule has 0 radical (unpaired) electrons. The third kappa shape index (κ3) is 1.72. The first-order valence-corrected chi connectivity index (χ1v) is 7.20. The van der Waals surface area contributed by atoms with Crippen LogP contribution in [0.25, 0.3) is 0 Å². The minimum atomic E-state index is -1.79. The van der Waals surface area contributed by atoms with E-state index in [1.165, 1.54) is 10.6 Å². The Morgan fingerprint density at radius 2 is 2.10 bits per heavy atom. The second-order valence-electron chi connectivity index (χ2n) is 6.14. The predicted molar refractivity (Wildman–Crippen MR) is 70.7 cm³/mol. The molecule has 110 valence electrons. The van der Waals surface area contributed by atoms with Gasteiger partial charge in [-0.2, -0.15) is 0 Å². The van der Waals surface area contributed by atoms with Crippen LogP contribution in [0.1, 0.15) is 47.3 Å². The van der Waals surface area contributed by atoms with Crippen LogP contribution in [0.15, 0.2) is 10.9 Å².